The van der Waals surface area contributed by atoms with Crippen molar-refractivity contribution in [3.05, 3.63) is 18.6 Å². The van der Waals surface area contributed by atoms with Gasteiger partial charge in [-0.15, -0.1) is 0 Å². The van der Waals surface area contributed by atoms with E-state index in [0.29, 0.717) is 32.1 Å². The molecule has 0 bridgehead atoms. The van der Waals surface area contributed by atoms with E-state index in [2.05, 4.69) is 9.97 Å². The van der Waals surface area contributed by atoms with Gasteiger partial charge in [-0.3, -0.25) is 14.5 Å². The molecule has 134 valence electrons. The summed E-state index contributed by atoms with van der Waals surface area (Å²) in [5.41, 5.74) is 0. The normalized spacial score (nSPS) is 21.5. The van der Waals surface area contributed by atoms with E-state index in [0.717, 1.165) is 17.7 Å². The molecule has 3 rings (SSSR count). The van der Waals surface area contributed by atoms with Gasteiger partial charge in [0.25, 0.3) is 0 Å². The predicted molar refractivity (Wildman–Crippen MR) is 86.6 cm³/mol. The molecule has 2 saturated heterocycles. The van der Waals surface area contributed by atoms with Gasteiger partial charge in [-0.2, -0.15) is 0 Å². The number of likely N-dealkylation sites (N-methyl/N-ethyl adjacent to an activating group) is 1. The minimum atomic E-state index is -0.753. The van der Waals surface area contributed by atoms with Crippen molar-refractivity contribution >= 4 is 17.8 Å². The highest BCUT2D eigenvalue weighted by Gasteiger charge is 2.38. The molecule has 0 radical (unpaired) electrons. The van der Waals surface area contributed by atoms with Crippen molar-refractivity contribution in [1.82, 2.24) is 24.7 Å². The van der Waals surface area contributed by atoms with Crippen LogP contribution in [0.1, 0.15) is 19.8 Å². The van der Waals surface area contributed by atoms with Gasteiger partial charge in [0.1, 0.15) is 12.4 Å². The van der Waals surface area contributed by atoms with Crippen LogP contribution in [0.3, 0.4) is 0 Å². The molecule has 1 unspecified atom stereocenters. The van der Waals surface area contributed by atoms with Crippen LogP contribution < -0.4 is 4.74 Å². The summed E-state index contributed by atoms with van der Waals surface area (Å²) in [4.78, 5) is 48.8. The lowest BCUT2D eigenvalue weighted by Crippen LogP contribution is -2.60. The van der Waals surface area contributed by atoms with Crippen molar-refractivity contribution in [2.24, 2.45) is 0 Å². The molecule has 2 aliphatic rings. The standard InChI is InChI=1S/C16H21N5O4/c1-2-19-8-9-21(15(23)14(19)22)16(24)20-7-3-4-12(10-20)25-13-5-6-17-11-18-13/h5-6,11-12H,2-4,7-10H2,1H3. The fourth-order valence-electron chi connectivity index (χ4n) is 3.06. The third kappa shape index (κ3) is 3.70. The minimum absolute atomic E-state index is 0.199. The average molecular weight is 347 g/mol. The quantitative estimate of drug-likeness (QED) is 0.721. The van der Waals surface area contributed by atoms with Gasteiger partial charge in [-0.1, -0.05) is 0 Å². The molecule has 0 aromatic carbocycles. The summed E-state index contributed by atoms with van der Waals surface area (Å²) in [6.07, 6.45) is 4.35. The molecule has 0 saturated carbocycles. The lowest BCUT2D eigenvalue weighted by Gasteiger charge is -2.38. The Morgan fingerprint density at radius 2 is 2.12 bits per heavy atom. The van der Waals surface area contributed by atoms with E-state index in [1.807, 2.05) is 6.92 Å². The van der Waals surface area contributed by atoms with Crippen molar-refractivity contribution in [2.75, 3.05) is 32.7 Å². The van der Waals surface area contributed by atoms with Gasteiger partial charge in [-0.25, -0.2) is 14.8 Å². The van der Waals surface area contributed by atoms with Crippen LogP contribution in [0, 0.1) is 0 Å². The Kier molecular flexibility index (Phi) is 5.11. The van der Waals surface area contributed by atoms with Crippen LogP contribution in [0.2, 0.25) is 0 Å². The number of carbonyl (C=O) groups excluding carboxylic acids is 3. The van der Waals surface area contributed by atoms with Crippen LogP contribution in [0.5, 0.6) is 5.88 Å². The number of aromatic nitrogens is 2. The number of piperazine rings is 1. The third-order valence-corrected chi connectivity index (χ3v) is 4.41. The van der Waals surface area contributed by atoms with Gasteiger partial charge in [0, 0.05) is 38.4 Å². The minimum Gasteiger partial charge on any atom is -0.472 e. The Bertz CT molecular complexity index is 653. The lowest BCUT2D eigenvalue weighted by molar-refractivity contribution is -0.154. The molecule has 2 aliphatic heterocycles. The molecule has 1 aromatic heterocycles. The molecule has 1 atom stereocenters. The molecule has 9 nitrogen and oxygen atoms in total. The largest absolute Gasteiger partial charge is 0.472 e. The first-order valence-corrected chi connectivity index (χ1v) is 8.42. The number of nitrogens with zero attached hydrogens (tertiary/aromatic N) is 5. The van der Waals surface area contributed by atoms with E-state index >= 15 is 0 Å². The van der Waals surface area contributed by atoms with E-state index in [9.17, 15) is 14.4 Å². The molecule has 0 spiro atoms. The summed E-state index contributed by atoms with van der Waals surface area (Å²) in [5.74, 6) is -0.915. The SMILES string of the molecule is CCN1CCN(C(=O)N2CCCC(Oc3ccncn3)C2)C(=O)C1=O. The zero-order valence-corrected chi connectivity index (χ0v) is 14.1. The van der Waals surface area contributed by atoms with Gasteiger partial charge >= 0.3 is 17.8 Å². The van der Waals surface area contributed by atoms with Crippen LogP contribution >= 0.6 is 0 Å². The first kappa shape index (κ1) is 17.1. The van der Waals surface area contributed by atoms with Gasteiger partial charge in [0.15, 0.2) is 0 Å². The molecule has 3 heterocycles. The number of carbonyl (C=O) groups is 3. The highest BCUT2D eigenvalue weighted by atomic mass is 16.5. The zero-order chi connectivity index (χ0) is 17.8. The number of piperidine rings is 1. The number of rotatable bonds is 3. The first-order valence-electron chi connectivity index (χ1n) is 8.42. The Balaban J connectivity index is 1.62. The van der Waals surface area contributed by atoms with Gasteiger partial charge in [0.2, 0.25) is 5.88 Å². The van der Waals surface area contributed by atoms with E-state index in [1.165, 1.54) is 11.2 Å². The molecule has 0 N–H and O–H groups in total. The van der Waals surface area contributed by atoms with Gasteiger partial charge < -0.3 is 14.5 Å². The summed E-state index contributed by atoms with van der Waals surface area (Å²) in [6.45, 7) is 3.77. The highest BCUT2D eigenvalue weighted by molar-refractivity contribution is 6.38. The van der Waals surface area contributed by atoms with E-state index in [1.54, 1.807) is 17.2 Å². The third-order valence-electron chi connectivity index (χ3n) is 4.41. The Morgan fingerprint density at radius 1 is 1.28 bits per heavy atom. The number of amides is 4. The molecule has 0 aliphatic carbocycles. The number of ether oxygens (including phenoxy) is 1. The molecule has 4 amide bonds. The molecular formula is C16H21N5O4. The number of likely N-dealkylation sites (tertiary alicyclic amines) is 1. The van der Waals surface area contributed by atoms with Crippen LogP contribution in [-0.4, -0.2) is 81.3 Å². The summed E-state index contributed by atoms with van der Waals surface area (Å²) >= 11 is 0. The average Bonchev–Trinajstić information content (AvgIpc) is 2.64. The van der Waals surface area contributed by atoms with Crippen LogP contribution in [0.25, 0.3) is 0 Å². The van der Waals surface area contributed by atoms with Crippen molar-refractivity contribution in [3.63, 3.8) is 0 Å². The molecular weight excluding hydrogens is 326 g/mol. The number of hydrogen-bond acceptors (Lipinski definition) is 6. The summed E-state index contributed by atoms with van der Waals surface area (Å²) < 4.78 is 5.78. The summed E-state index contributed by atoms with van der Waals surface area (Å²) in [5, 5.41) is 0. The van der Waals surface area contributed by atoms with Crippen LogP contribution in [-0.2, 0) is 9.59 Å². The lowest BCUT2D eigenvalue weighted by atomic mass is 10.1. The molecule has 1 aromatic rings. The second-order valence-electron chi connectivity index (χ2n) is 6.00. The van der Waals surface area contributed by atoms with Gasteiger partial charge in [0.05, 0.1) is 6.54 Å². The topological polar surface area (TPSA) is 95.9 Å². The van der Waals surface area contributed by atoms with Gasteiger partial charge in [-0.05, 0) is 19.8 Å². The monoisotopic (exact) mass is 347 g/mol. The number of hydrogen-bond donors (Lipinski definition) is 0. The van der Waals surface area contributed by atoms with Crippen molar-refractivity contribution < 1.29 is 19.1 Å². The maximum absolute atomic E-state index is 12.7. The summed E-state index contributed by atoms with van der Waals surface area (Å²) in [7, 11) is 0. The van der Waals surface area contributed by atoms with Crippen LogP contribution in [0.4, 0.5) is 4.79 Å². The van der Waals surface area contributed by atoms with E-state index in [-0.39, 0.29) is 12.6 Å². The molecule has 9 heteroatoms. The highest BCUT2D eigenvalue weighted by Crippen LogP contribution is 2.18. The second kappa shape index (κ2) is 7.45. The van der Waals surface area contributed by atoms with Crippen LogP contribution in [0.15, 0.2) is 18.6 Å². The Morgan fingerprint density at radius 3 is 2.84 bits per heavy atom. The maximum atomic E-state index is 12.7. The summed E-state index contributed by atoms with van der Waals surface area (Å²) in [6, 6.07) is 1.23. The molecule has 2 fully saturated rings. The van der Waals surface area contributed by atoms with E-state index < -0.39 is 17.8 Å². The number of urea groups is 1. The van der Waals surface area contributed by atoms with Crippen molar-refractivity contribution in [3.8, 4) is 5.88 Å². The smallest absolute Gasteiger partial charge is 0.327 e. The molecule has 25 heavy (non-hydrogen) atoms. The number of imide groups is 1. The van der Waals surface area contributed by atoms with Crippen molar-refractivity contribution in [2.45, 2.75) is 25.9 Å². The first-order chi connectivity index (χ1) is 12.1. The fourth-order valence-corrected chi connectivity index (χ4v) is 3.06. The predicted octanol–water partition coefficient (Wildman–Crippen LogP) is 0.131. The fraction of sp³-hybridized carbons (Fsp3) is 0.562. The van der Waals surface area contributed by atoms with E-state index in [4.69, 9.17) is 4.74 Å². The Hall–Kier alpha value is -2.71. The second-order valence-corrected chi connectivity index (χ2v) is 6.00. The Labute approximate surface area is 145 Å². The maximum Gasteiger partial charge on any atom is 0.327 e. The zero-order valence-electron chi connectivity index (χ0n) is 14.1. The van der Waals surface area contributed by atoms with Crippen molar-refractivity contribution in [1.29, 1.82) is 0 Å².